The van der Waals surface area contributed by atoms with Gasteiger partial charge in [-0.25, -0.2) is 0 Å². The van der Waals surface area contributed by atoms with Gasteiger partial charge in [0.05, 0.1) is 11.2 Å². The smallest absolute Gasteiger partial charge is 0.0650 e. The van der Waals surface area contributed by atoms with Gasteiger partial charge in [0.15, 0.2) is 0 Å². The van der Waals surface area contributed by atoms with E-state index in [4.69, 9.17) is 10.7 Å². The van der Waals surface area contributed by atoms with Crippen LogP contribution in [0, 0.1) is 0 Å². The summed E-state index contributed by atoms with van der Waals surface area (Å²) >= 11 is 1.16. The molecule has 0 atom stereocenters. The SMILES string of the molecule is ClSn1cccc1. The van der Waals surface area contributed by atoms with Crippen molar-refractivity contribution in [2.45, 2.75) is 0 Å². The van der Waals surface area contributed by atoms with Crippen LogP contribution < -0.4 is 0 Å². The van der Waals surface area contributed by atoms with Crippen molar-refractivity contribution < 1.29 is 0 Å². The lowest BCUT2D eigenvalue weighted by Gasteiger charge is -1.85. The normalized spacial score (nSPS) is 9.29. The number of hydrogen-bond acceptors (Lipinski definition) is 1. The third kappa shape index (κ3) is 1.14. The van der Waals surface area contributed by atoms with Crippen LogP contribution in [0.3, 0.4) is 0 Å². The number of rotatable bonds is 1. The lowest BCUT2D eigenvalue weighted by atomic mass is 10.7. The zero-order valence-corrected chi connectivity index (χ0v) is 5.12. The Kier molecular flexibility index (Phi) is 1.65. The van der Waals surface area contributed by atoms with Crippen LogP contribution >= 0.6 is 21.8 Å². The summed E-state index contributed by atoms with van der Waals surface area (Å²) in [7, 11) is 5.35. The molecule has 0 saturated heterocycles. The van der Waals surface area contributed by atoms with Gasteiger partial charge in [-0.15, -0.1) is 0 Å². The number of hydrogen-bond donors (Lipinski definition) is 0. The van der Waals surface area contributed by atoms with Crippen molar-refractivity contribution >= 4 is 21.8 Å². The van der Waals surface area contributed by atoms with Gasteiger partial charge in [-0.1, -0.05) is 0 Å². The molecule has 1 aromatic heterocycles. The largest absolute Gasteiger partial charge is 0.286 e. The standard InChI is InChI=1S/C4H4ClNS/c5-7-6-3-1-2-4-6/h1-4H. The van der Waals surface area contributed by atoms with Gasteiger partial charge in [0.25, 0.3) is 0 Å². The van der Waals surface area contributed by atoms with Gasteiger partial charge in [-0.3, -0.25) is 3.97 Å². The van der Waals surface area contributed by atoms with Crippen LogP contribution in [0.15, 0.2) is 24.5 Å². The first-order valence-corrected chi connectivity index (χ1v) is 3.45. The third-order valence-corrected chi connectivity index (χ3v) is 1.54. The highest BCUT2D eigenvalue weighted by molar-refractivity contribution is 8.19. The summed E-state index contributed by atoms with van der Waals surface area (Å²) in [6, 6.07) is 3.85. The fourth-order valence-corrected chi connectivity index (χ4v) is 0.873. The van der Waals surface area contributed by atoms with Crippen LogP contribution in [0.1, 0.15) is 0 Å². The van der Waals surface area contributed by atoms with Crippen LogP contribution in [0.4, 0.5) is 0 Å². The highest BCUT2D eigenvalue weighted by atomic mass is 35.7. The van der Waals surface area contributed by atoms with Crippen molar-refractivity contribution in [2.75, 3.05) is 0 Å². The summed E-state index contributed by atoms with van der Waals surface area (Å²) in [6.45, 7) is 0. The molecule has 0 aliphatic carbocycles. The first kappa shape index (κ1) is 5.06. The van der Waals surface area contributed by atoms with Crippen molar-refractivity contribution in [3.8, 4) is 0 Å². The number of aromatic nitrogens is 1. The summed E-state index contributed by atoms with van der Waals surface area (Å²) in [5.41, 5.74) is 0. The Bertz CT molecular complexity index is 126. The molecule has 1 heterocycles. The molecule has 0 aliphatic heterocycles. The van der Waals surface area contributed by atoms with Crippen molar-refractivity contribution in [3.63, 3.8) is 0 Å². The minimum atomic E-state index is 1.16. The van der Waals surface area contributed by atoms with Gasteiger partial charge < -0.3 is 0 Å². The van der Waals surface area contributed by atoms with Crippen molar-refractivity contribution in [1.29, 1.82) is 0 Å². The highest BCUT2D eigenvalue weighted by Gasteiger charge is 1.79. The van der Waals surface area contributed by atoms with E-state index in [1.54, 1.807) is 0 Å². The van der Waals surface area contributed by atoms with Crippen LogP contribution in [0.25, 0.3) is 0 Å². The Balaban J connectivity index is 2.76. The molecule has 38 valence electrons. The molecule has 0 bridgehead atoms. The maximum absolute atomic E-state index is 5.35. The summed E-state index contributed by atoms with van der Waals surface area (Å²) in [5.74, 6) is 0. The molecule has 1 aromatic rings. The summed E-state index contributed by atoms with van der Waals surface area (Å²) < 4.78 is 1.81. The molecule has 0 saturated carbocycles. The molecule has 1 rings (SSSR count). The molecular weight excluding hydrogens is 130 g/mol. The van der Waals surface area contributed by atoms with Crippen LogP contribution in [0.5, 0.6) is 0 Å². The Morgan fingerprint density at radius 3 is 2.14 bits per heavy atom. The molecule has 0 N–H and O–H groups in total. The van der Waals surface area contributed by atoms with E-state index in [0.29, 0.717) is 0 Å². The van der Waals surface area contributed by atoms with E-state index in [9.17, 15) is 0 Å². The van der Waals surface area contributed by atoms with E-state index >= 15 is 0 Å². The first-order valence-electron chi connectivity index (χ1n) is 1.85. The van der Waals surface area contributed by atoms with Crippen molar-refractivity contribution in [1.82, 2.24) is 3.97 Å². The molecule has 0 fully saturated rings. The van der Waals surface area contributed by atoms with E-state index < -0.39 is 0 Å². The zero-order valence-electron chi connectivity index (χ0n) is 3.54. The van der Waals surface area contributed by atoms with Crippen molar-refractivity contribution in [2.24, 2.45) is 0 Å². The average Bonchev–Trinajstić information content (AvgIpc) is 2.14. The Morgan fingerprint density at radius 2 is 1.86 bits per heavy atom. The Hall–Kier alpha value is -0.0800. The van der Waals surface area contributed by atoms with E-state index in [0.717, 1.165) is 11.2 Å². The first-order chi connectivity index (χ1) is 3.43. The lowest BCUT2D eigenvalue weighted by Crippen LogP contribution is -1.68. The molecule has 0 aliphatic rings. The topological polar surface area (TPSA) is 4.93 Å². The molecule has 0 spiro atoms. The minimum Gasteiger partial charge on any atom is -0.286 e. The maximum Gasteiger partial charge on any atom is 0.0650 e. The second kappa shape index (κ2) is 2.28. The van der Waals surface area contributed by atoms with E-state index in [1.165, 1.54) is 0 Å². The van der Waals surface area contributed by atoms with Gasteiger partial charge in [0.2, 0.25) is 0 Å². The fourth-order valence-electron chi connectivity index (χ4n) is 0.365. The molecule has 0 amide bonds. The monoisotopic (exact) mass is 133 g/mol. The quantitative estimate of drug-likeness (QED) is 0.568. The van der Waals surface area contributed by atoms with Gasteiger partial charge in [0.1, 0.15) is 0 Å². The molecular formula is C4H4ClNS. The van der Waals surface area contributed by atoms with Gasteiger partial charge in [-0.05, 0) is 22.8 Å². The fraction of sp³-hybridized carbons (Fsp3) is 0. The maximum atomic E-state index is 5.35. The second-order valence-electron chi connectivity index (χ2n) is 1.11. The Morgan fingerprint density at radius 1 is 1.29 bits per heavy atom. The van der Waals surface area contributed by atoms with Gasteiger partial charge in [-0.2, -0.15) is 0 Å². The predicted octanol–water partition coefficient (Wildman–Crippen LogP) is 2.14. The molecule has 0 unspecified atom stereocenters. The number of nitrogens with zero attached hydrogens (tertiary/aromatic N) is 1. The van der Waals surface area contributed by atoms with Gasteiger partial charge >= 0.3 is 0 Å². The van der Waals surface area contributed by atoms with E-state index in [2.05, 4.69) is 0 Å². The second-order valence-corrected chi connectivity index (χ2v) is 2.09. The lowest BCUT2D eigenvalue weighted by molar-refractivity contribution is 1.30. The third-order valence-electron chi connectivity index (χ3n) is 0.657. The zero-order chi connectivity index (χ0) is 5.11. The van der Waals surface area contributed by atoms with E-state index in [-0.39, 0.29) is 0 Å². The highest BCUT2D eigenvalue weighted by Crippen LogP contribution is 2.09. The van der Waals surface area contributed by atoms with E-state index in [1.807, 2.05) is 28.5 Å². The summed E-state index contributed by atoms with van der Waals surface area (Å²) in [5, 5.41) is 0. The van der Waals surface area contributed by atoms with Crippen molar-refractivity contribution in [3.05, 3.63) is 24.5 Å². The predicted molar refractivity (Wildman–Crippen MR) is 33.3 cm³/mol. The number of halogens is 1. The molecule has 3 heteroatoms. The van der Waals surface area contributed by atoms with Gasteiger partial charge in [0, 0.05) is 12.4 Å². The molecule has 1 nitrogen and oxygen atoms in total. The van der Waals surface area contributed by atoms with Crippen LogP contribution in [0.2, 0.25) is 0 Å². The van der Waals surface area contributed by atoms with Crippen LogP contribution in [-0.2, 0) is 0 Å². The molecule has 0 aromatic carbocycles. The summed E-state index contributed by atoms with van der Waals surface area (Å²) in [6.07, 6.45) is 3.77. The Labute approximate surface area is 50.9 Å². The summed E-state index contributed by atoms with van der Waals surface area (Å²) in [4.78, 5) is 0. The van der Waals surface area contributed by atoms with Crippen LogP contribution in [-0.4, -0.2) is 3.97 Å². The average molecular weight is 134 g/mol. The minimum absolute atomic E-state index is 1.16. The molecule has 0 radical (unpaired) electrons. The molecule has 7 heavy (non-hydrogen) atoms.